The Morgan fingerprint density at radius 1 is 1.35 bits per heavy atom. The second kappa shape index (κ2) is 4.16. The van der Waals surface area contributed by atoms with E-state index in [-0.39, 0.29) is 6.04 Å². The van der Waals surface area contributed by atoms with Crippen LogP contribution in [0.15, 0.2) is 29.3 Å². The van der Waals surface area contributed by atoms with Gasteiger partial charge in [0, 0.05) is 24.0 Å². The molecular weight excluding hydrogens is 232 g/mol. The number of anilines is 1. The monoisotopic (exact) mass is 246 g/mol. The second-order valence-corrected chi connectivity index (χ2v) is 5.13. The van der Waals surface area contributed by atoms with Gasteiger partial charge in [-0.15, -0.1) is 11.8 Å². The van der Waals surface area contributed by atoms with E-state index < -0.39 is 0 Å². The number of aromatic nitrogens is 2. The Kier molecular flexibility index (Phi) is 2.64. The molecule has 2 aromatic rings. The second-order valence-electron chi connectivity index (χ2n) is 4.25. The molecule has 0 spiro atoms. The first-order valence-corrected chi connectivity index (χ1v) is 6.80. The maximum atomic E-state index is 5.76. The Hall–Kier alpha value is -1.33. The third-order valence-corrected chi connectivity index (χ3v) is 3.70. The molecule has 5 heteroatoms. The highest BCUT2D eigenvalue weighted by Gasteiger charge is 2.24. The molecule has 3 rings (SSSR count). The summed E-state index contributed by atoms with van der Waals surface area (Å²) in [4.78, 5) is 12.4. The van der Waals surface area contributed by atoms with Crippen LogP contribution in [0.2, 0.25) is 0 Å². The molecule has 0 bridgehead atoms. The number of benzene rings is 1. The van der Waals surface area contributed by atoms with Gasteiger partial charge < -0.3 is 10.6 Å². The average Bonchev–Trinajstić information content (AvgIpc) is 2.34. The van der Waals surface area contributed by atoms with Crippen LogP contribution in [-0.4, -0.2) is 35.4 Å². The number of hydrogen-bond donors (Lipinski definition) is 1. The molecule has 0 atom stereocenters. The topological polar surface area (TPSA) is 55.0 Å². The van der Waals surface area contributed by atoms with Crippen LogP contribution in [-0.2, 0) is 0 Å². The molecule has 4 nitrogen and oxygen atoms in total. The fraction of sp³-hybridized carbons (Fsp3) is 0.333. The number of rotatable bonds is 2. The molecule has 1 aromatic carbocycles. The molecule has 2 heterocycles. The van der Waals surface area contributed by atoms with E-state index in [0.717, 1.165) is 29.9 Å². The van der Waals surface area contributed by atoms with E-state index in [1.54, 1.807) is 11.8 Å². The number of nitrogens with zero attached hydrogens (tertiary/aromatic N) is 3. The minimum absolute atomic E-state index is 0.284. The van der Waals surface area contributed by atoms with Crippen LogP contribution in [0.1, 0.15) is 0 Å². The number of nitrogens with two attached hydrogens (primary N) is 1. The SMILES string of the molecule is CSc1ccc2nc(N3CC(N)C3)cnc2c1. The van der Waals surface area contributed by atoms with Gasteiger partial charge in [-0.3, -0.25) is 4.98 Å². The number of hydrogen-bond acceptors (Lipinski definition) is 5. The Balaban J connectivity index is 1.96. The number of thioether (sulfide) groups is 1. The molecule has 0 saturated carbocycles. The molecule has 1 saturated heterocycles. The largest absolute Gasteiger partial charge is 0.352 e. The molecule has 0 radical (unpaired) electrons. The van der Waals surface area contributed by atoms with E-state index in [1.165, 1.54) is 4.90 Å². The summed E-state index contributed by atoms with van der Waals surface area (Å²) in [6.45, 7) is 1.76. The van der Waals surface area contributed by atoms with Crippen molar-refractivity contribution in [3.05, 3.63) is 24.4 Å². The van der Waals surface area contributed by atoms with E-state index in [9.17, 15) is 0 Å². The first-order chi connectivity index (χ1) is 8.26. The van der Waals surface area contributed by atoms with Crippen LogP contribution in [0, 0.1) is 0 Å². The third-order valence-electron chi connectivity index (χ3n) is 2.97. The van der Waals surface area contributed by atoms with Crippen LogP contribution in [0.3, 0.4) is 0 Å². The summed E-state index contributed by atoms with van der Waals surface area (Å²) in [6, 6.07) is 6.45. The fourth-order valence-electron chi connectivity index (χ4n) is 1.96. The van der Waals surface area contributed by atoms with Crippen LogP contribution in [0.4, 0.5) is 5.82 Å². The lowest BCUT2D eigenvalue weighted by atomic mass is 10.1. The number of fused-ring (bicyclic) bond motifs is 1. The smallest absolute Gasteiger partial charge is 0.147 e. The van der Waals surface area contributed by atoms with Gasteiger partial charge in [0.05, 0.1) is 17.2 Å². The Morgan fingerprint density at radius 2 is 2.18 bits per heavy atom. The van der Waals surface area contributed by atoms with Crippen LogP contribution in [0.5, 0.6) is 0 Å². The van der Waals surface area contributed by atoms with Crippen molar-refractivity contribution in [1.29, 1.82) is 0 Å². The summed E-state index contributed by atoms with van der Waals surface area (Å²) >= 11 is 1.72. The highest BCUT2D eigenvalue weighted by molar-refractivity contribution is 7.98. The molecular formula is C12H14N4S. The molecule has 17 heavy (non-hydrogen) atoms. The van der Waals surface area contributed by atoms with Gasteiger partial charge in [-0.2, -0.15) is 0 Å². The minimum Gasteiger partial charge on any atom is -0.352 e. The summed E-state index contributed by atoms with van der Waals surface area (Å²) in [6.07, 6.45) is 3.89. The van der Waals surface area contributed by atoms with Crippen molar-refractivity contribution in [1.82, 2.24) is 9.97 Å². The highest BCUT2D eigenvalue weighted by atomic mass is 32.2. The lowest BCUT2D eigenvalue weighted by molar-refractivity contribution is 0.514. The summed E-state index contributed by atoms with van der Waals surface area (Å²) in [5.41, 5.74) is 7.66. The van der Waals surface area contributed by atoms with Gasteiger partial charge in [-0.05, 0) is 24.5 Å². The van der Waals surface area contributed by atoms with Crippen molar-refractivity contribution in [2.24, 2.45) is 5.73 Å². The molecule has 0 amide bonds. The van der Waals surface area contributed by atoms with Crippen LogP contribution >= 0.6 is 11.8 Å². The molecule has 1 aromatic heterocycles. The summed E-state index contributed by atoms with van der Waals surface area (Å²) in [7, 11) is 0. The van der Waals surface area contributed by atoms with Crippen molar-refractivity contribution >= 4 is 28.6 Å². The van der Waals surface area contributed by atoms with Crippen molar-refractivity contribution in [2.75, 3.05) is 24.2 Å². The summed E-state index contributed by atoms with van der Waals surface area (Å²) in [5, 5.41) is 0. The third kappa shape index (κ3) is 1.96. The maximum Gasteiger partial charge on any atom is 0.147 e. The predicted molar refractivity (Wildman–Crippen MR) is 71.5 cm³/mol. The Morgan fingerprint density at radius 3 is 2.88 bits per heavy atom. The van der Waals surface area contributed by atoms with E-state index in [0.29, 0.717) is 0 Å². The molecule has 1 aliphatic heterocycles. The Labute approximate surface area is 104 Å². The van der Waals surface area contributed by atoms with Crippen molar-refractivity contribution in [3.8, 4) is 0 Å². The van der Waals surface area contributed by atoms with E-state index in [4.69, 9.17) is 5.73 Å². The normalized spacial score (nSPS) is 16.2. The van der Waals surface area contributed by atoms with Gasteiger partial charge in [-0.25, -0.2) is 4.98 Å². The van der Waals surface area contributed by atoms with Gasteiger partial charge >= 0.3 is 0 Å². The quantitative estimate of drug-likeness (QED) is 0.814. The van der Waals surface area contributed by atoms with Gasteiger partial charge in [0.1, 0.15) is 5.82 Å². The Bertz CT molecular complexity index is 551. The zero-order chi connectivity index (χ0) is 11.8. The first-order valence-electron chi connectivity index (χ1n) is 5.57. The molecule has 88 valence electrons. The first kappa shape index (κ1) is 10.8. The van der Waals surface area contributed by atoms with Crippen LogP contribution < -0.4 is 10.6 Å². The lowest BCUT2D eigenvalue weighted by Gasteiger charge is -2.37. The van der Waals surface area contributed by atoms with Gasteiger partial charge in [0.25, 0.3) is 0 Å². The lowest BCUT2D eigenvalue weighted by Crippen LogP contribution is -2.56. The fourth-order valence-corrected chi connectivity index (χ4v) is 2.39. The minimum atomic E-state index is 0.284. The molecule has 1 fully saturated rings. The molecule has 1 aliphatic rings. The summed E-state index contributed by atoms with van der Waals surface area (Å²) < 4.78 is 0. The maximum absolute atomic E-state index is 5.76. The van der Waals surface area contributed by atoms with E-state index >= 15 is 0 Å². The predicted octanol–water partition coefficient (Wildman–Crippen LogP) is 1.50. The highest BCUT2D eigenvalue weighted by Crippen LogP contribution is 2.23. The van der Waals surface area contributed by atoms with Crippen LogP contribution in [0.25, 0.3) is 11.0 Å². The van der Waals surface area contributed by atoms with Crippen molar-refractivity contribution in [2.45, 2.75) is 10.9 Å². The standard InChI is InChI=1S/C12H14N4S/c1-17-9-2-3-10-11(4-9)14-5-12(15-10)16-6-8(13)7-16/h2-5,8H,6-7,13H2,1H3. The van der Waals surface area contributed by atoms with Gasteiger partial charge in [0.15, 0.2) is 0 Å². The van der Waals surface area contributed by atoms with Crippen molar-refractivity contribution in [3.63, 3.8) is 0 Å². The van der Waals surface area contributed by atoms with Gasteiger partial charge in [-0.1, -0.05) is 0 Å². The van der Waals surface area contributed by atoms with Crippen molar-refractivity contribution < 1.29 is 0 Å². The zero-order valence-electron chi connectivity index (χ0n) is 9.63. The van der Waals surface area contributed by atoms with Gasteiger partial charge in [0.2, 0.25) is 0 Å². The van der Waals surface area contributed by atoms with E-state index in [1.807, 2.05) is 12.3 Å². The summed E-state index contributed by atoms with van der Waals surface area (Å²) in [5.74, 6) is 0.927. The zero-order valence-corrected chi connectivity index (χ0v) is 10.4. The molecule has 0 unspecified atom stereocenters. The van der Waals surface area contributed by atoms with E-state index in [2.05, 4.69) is 33.3 Å². The molecule has 2 N–H and O–H groups in total. The average molecular weight is 246 g/mol. The molecule has 0 aliphatic carbocycles.